The standard InChI is InChI=1S/C33H25N2O2/c34-33(36)29-15-8-16-30-32(29)28-18-17-26(25-12-5-2-6-13-25)20-31(28)35(30)21-24-11-7-14-27(19-24)37-22-23-9-3-1-4-10-23/h1-17,19-20H,21-22H2,(H2,34,36). The molecule has 5 aromatic carbocycles. The number of hydrogen-bond donors (Lipinski definition) is 1. The highest BCUT2D eigenvalue weighted by atomic mass is 16.5. The van der Waals surface area contributed by atoms with Crippen LogP contribution in [0.3, 0.4) is 0 Å². The molecule has 0 saturated heterocycles. The van der Waals surface area contributed by atoms with Crippen LogP contribution >= 0.6 is 0 Å². The summed E-state index contributed by atoms with van der Waals surface area (Å²) in [4.78, 5) is 12.3. The molecule has 1 amide bonds. The van der Waals surface area contributed by atoms with Gasteiger partial charge >= 0.3 is 0 Å². The Hall–Kier alpha value is -4.83. The van der Waals surface area contributed by atoms with Crippen LogP contribution in [0.25, 0.3) is 32.9 Å². The number of nitrogens with zero attached hydrogens (tertiary/aromatic N) is 1. The van der Waals surface area contributed by atoms with E-state index in [1.807, 2.05) is 66.7 Å². The van der Waals surface area contributed by atoms with Gasteiger partial charge in [0.25, 0.3) is 0 Å². The molecule has 6 aromatic rings. The highest BCUT2D eigenvalue weighted by Gasteiger charge is 2.17. The van der Waals surface area contributed by atoms with E-state index in [9.17, 15) is 4.79 Å². The van der Waals surface area contributed by atoms with Crippen molar-refractivity contribution in [2.75, 3.05) is 0 Å². The summed E-state index contributed by atoms with van der Waals surface area (Å²) in [5.74, 6) is 0.373. The van der Waals surface area contributed by atoms with Gasteiger partial charge in [-0.3, -0.25) is 4.79 Å². The normalized spacial score (nSPS) is 11.1. The van der Waals surface area contributed by atoms with E-state index in [1.54, 1.807) is 6.07 Å². The summed E-state index contributed by atoms with van der Waals surface area (Å²) in [5, 5.41) is 1.72. The number of fused-ring (bicyclic) bond motifs is 3. The molecule has 0 unspecified atom stereocenters. The van der Waals surface area contributed by atoms with Gasteiger partial charge in [-0.1, -0.05) is 78.9 Å². The van der Waals surface area contributed by atoms with Crippen molar-refractivity contribution in [2.24, 2.45) is 5.73 Å². The summed E-state index contributed by atoms with van der Waals surface area (Å²) in [6.07, 6.45) is 0. The SMILES string of the molecule is NC(=O)c1cccc2c1c1[c]cc(-c3ccccc3)cc1n2Cc1cccc(OCc2ccccc2)c1. The van der Waals surface area contributed by atoms with E-state index in [2.05, 4.69) is 53.1 Å². The van der Waals surface area contributed by atoms with E-state index < -0.39 is 5.91 Å². The van der Waals surface area contributed by atoms with E-state index in [0.29, 0.717) is 18.7 Å². The molecule has 0 fully saturated rings. The largest absolute Gasteiger partial charge is 0.489 e. The van der Waals surface area contributed by atoms with Crippen LogP contribution in [0.4, 0.5) is 0 Å². The fraction of sp³-hybridized carbons (Fsp3) is 0.0606. The average Bonchev–Trinajstić information content (AvgIpc) is 3.26. The maximum absolute atomic E-state index is 12.3. The number of hydrogen-bond acceptors (Lipinski definition) is 2. The minimum Gasteiger partial charge on any atom is -0.489 e. The molecule has 1 heterocycles. The molecule has 0 atom stereocenters. The smallest absolute Gasteiger partial charge is 0.249 e. The monoisotopic (exact) mass is 481 g/mol. The zero-order valence-electron chi connectivity index (χ0n) is 20.2. The number of rotatable bonds is 7. The van der Waals surface area contributed by atoms with Crippen molar-refractivity contribution in [3.63, 3.8) is 0 Å². The van der Waals surface area contributed by atoms with E-state index in [0.717, 1.165) is 49.8 Å². The van der Waals surface area contributed by atoms with Gasteiger partial charge in [0.05, 0.1) is 11.0 Å². The molecule has 0 bridgehead atoms. The number of amides is 1. The molecule has 0 aliphatic carbocycles. The number of primary amides is 1. The van der Waals surface area contributed by atoms with Gasteiger partial charge < -0.3 is 15.0 Å². The Labute approximate surface area is 215 Å². The number of carbonyl (C=O) groups is 1. The van der Waals surface area contributed by atoms with Gasteiger partial charge in [0, 0.05) is 22.9 Å². The second-order valence-corrected chi connectivity index (χ2v) is 9.09. The van der Waals surface area contributed by atoms with Gasteiger partial charge in [-0.2, -0.15) is 0 Å². The Kier molecular flexibility index (Phi) is 5.91. The van der Waals surface area contributed by atoms with Crippen LogP contribution in [0.2, 0.25) is 0 Å². The first-order chi connectivity index (χ1) is 18.2. The Morgan fingerprint density at radius 2 is 1.49 bits per heavy atom. The first-order valence-corrected chi connectivity index (χ1v) is 12.2. The minimum absolute atomic E-state index is 0.443. The van der Waals surface area contributed by atoms with Crippen molar-refractivity contribution in [2.45, 2.75) is 13.2 Å². The van der Waals surface area contributed by atoms with Crippen LogP contribution in [-0.4, -0.2) is 10.5 Å². The van der Waals surface area contributed by atoms with Crippen LogP contribution in [0.1, 0.15) is 21.5 Å². The molecule has 0 spiro atoms. The van der Waals surface area contributed by atoms with Crippen molar-refractivity contribution in [3.8, 4) is 16.9 Å². The summed E-state index contributed by atoms with van der Waals surface area (Å²) in [6, 6.07) is 41.8. The number of benzene rings is 5. The van der Waals surface area contributed by atoms with E-state index in [4.69, 9.17) is 10.5 Å². The first-order valence-electron chi connectivity index (χ1n) is 12.2. The number of nitrogens with two attached hydrogens (primary N) is 1. The Morgan fingerprint density at radius 3 is 2.27 bits per heavy atom. The molecule has 4 nitrogen and oxygen atoms in total. The molecule has 37 heavy (non-hydrogen) atoms. The van der Waals surface area contributed by atoms with Crippen molar-refractivity contribution < 1.29 is 9.53 Å². The third-order valence-corrected chi connectivity index (χ3v) is 6.65. The highest BCUT2D eigenvalue weighted by molar-refractivity contribution is 6.18. The summed E-state index contributed by atoms with van der Waals surface area (Å²) in [5.41, 5.74) is 12.6. The number of aromatic nitrogens is 1. The van der Waals surface area contributed by atoms with E-state index in [1.165, 1.54) is 0 Å². The minimum atomic E-state index is -0.443. The van der Waals surface area contributed by atoms with Gasteiger partial charge in [-0.25, -0.2) is 0 Å². The molecule has 0 saturated carbocycles. The quantitative estimate of drug-likeness (QED) is 0.267. The average molecular weight is 482 g/mol. The lowest BCUT2D eigenvalue weighted by Crippen LogP contribution is -2.11. The molecule has 0 aliphatic heterocycles. The fourth-order valence-electron chi connectivity index (χ4n) is 4.89. The summed E-state index contributed by atoms with van der Waals surface area (Å²) >= 11 is 0. The van der Waals surface area contributed by atoms with E-state index >= 15 is 0 Å². The Balaban J connectivity index is 1.44. The molecular formula is C33H25N2O2. The molecule has 4 heteroatoms. The lowest BCUT2D eigenvalue weighted by atomic mass is 10.0. The maximum atomic E-state index is 12.3. The highest BCUT2D eigenvalue weighted by Crippen LogP contribution is 2.35. The Morgan fingerprint density at radius 1 is 0.757 bits per heavy atom. The van der Waals surface area contributed by atoms with E-state index in [-0.39, 0.29) is 0 Å². The Bertz CT molecular complexity index is 1720. The van der Waals surface area contributed by atoms with Crippen molar-refractivity contribution in [1.29, 1.82) is 0 Å². The maximum Gasteiger partial charge on any atom is 0.249 e. The molecule has 179 valence electrons. The van der Waals surface area contributed by atoms with Crippen LogP contribution in [0.5, 0.6) is 5.75 Å². The van der Waals surface area contributed by atoms with Crippen LogP contribution in [0.15, 0.2) is 115 Å². The second-order valence-electron chi connectivity index (χ2n) is 9.09. The molecule has 1 aromatic heterocycles. The van der Waals surface area contributed by atoms with Gasteiger partial charge in [0.1, 0.15) is 12.4 Å². The summed E-state index contributed by atoms with van der Waals surface area (Å²) in [6.45, 7) is 1.12. The van der Waals surface area contributed by atoms with Crippen LogP contribution in [0, 0.1) is 6.07 Å². The summed E-state index contributed by atoms with van der Waals surface area (Å²) in [7, 11) is 0. The van der Waals surface area contributed by atoms with Crippen molar-refractivity contribution in [1.82, 2.24) is 4.57 Å². The zero-order valence-corrected chi connectivity index (χ0v) is 20.2. The predicted molar refractivity (Wildman–Crippen MR) is 149 cm³/mol. The second kappa shape index (κ2) is 9.67. The van der Waals surface area contributed by atoms with Gasteiger partial charge in [-0.05, 0) is 64.7 Å². The third-order valence-electron chi connectivity index (χ3n) is 6.65. The van der Waals surface area contributed by atoms with Gasteiger partial charge in [0.15, 0.2) is 0 Å². The number of ether oxygens (including phenoxy) is 1. The molecule has 6 rings (SSSR count). The third kappa shape index (κ3) is 4.45. The van der Waals surface area contributed by atoms with Crippen LogP contribution in [-0.2, 0) is 13.2 Å². The summed E-state index contributed by atoms with van der Waals surface area (Å²) < 4.78 is 8.31. The molecule has 1 radical (unpaired) electrons. The van der Waals surface area contributed by atoms with Gasteiger partial charge in [0.2, 0.25) is 5.91 Å². The van der Waals surface area contributed by atoms with Crippen molar-refractivity contribution >= 4 is 27.7 Å². The van der Waals surface area contributed by atoms with Gasteiger partial charge in [-0.15, -0.1) is 0 Å². The lowest BCUT2D eigenvalue weighted by molar-refractivity contribution is 0.100. The fourth-order valence-corrected chi connectivity index (χ4v) is 4.89. The zero-order chi connectivity index (χ0) is 25.2. The molecular weight excluding hydrogens is 456 g/mol. The predicted octanol–water partition coefficient (Wildman–Crippen LogP) is 6.99. The van der Waals surface area contributed by atoms with Crippen LogP contribution < -0.4 is 10.5 Å². The first kappa shape index (κ1) is 22.6. The molecule has 0 aliphatic rings. The lowest BCUT2D eigenvalue weighted by Gasteiger charge is -2.11. The van der Waals surface area contributed by atoms with Crippen molar-refractivity contribution in [3.05, 3.63) is 138 Å². The molecule has 2 N–H and O–H groups in total. The topological polar surface area (TPSA) is 57.2 Å². The number of carbonyl (C=O) groups excluding carboxylic acids is 1.